The zero-order chi connectivity index (χ0) is 14.0. The van der Waals surface area contributed by atoms with Crippen molar-refractivity contribution in [2.45, 2.75) is 25.1 Å². The van der Waals surface area contributed by atoms with Gasteiger partial charge < -0.3 is 9.84 Å². The van der Waals surface area contributed by atoms with Crippen LogP contribution in [0.15, 0.2) is 30.0 Å². The van der Waals surface area contributed by atoms with Crippen molar-refractivity contribution in [2.75, 3.05) is 6.61 Å². The Balaban J connectivity index is 2.42. The summed E-state index contributed by atoms with van der Waals surface area (Å²) in [5, 5.41) is 9.95. The molecule has 1 atom stereocenters. The summed E-state index contributed by atoms with van der Waals surface area (Å²) in [5.41, 5.74) is -1.59. The van der Waals surface area contributed by atoms with Crippen molar-refractivity contribution in [3.8, 4) is 0 Å². The van der Waals surface area contributed by atoms with Crippen molar-refractivity contribution in [1.29, 1.82) is 0 Å². The molecule has 0 aliphatic carbocycles. The maximum atomic E-state index is 13.1. The summed E-state index contributed by atoms with van der Waals surface area (Å²) in [7, 11) is 0. The summed E-state index contributed by atoms with van der Waals surface area (Å²) in [5.74, 6) is -0.791. The molecule has 1 aromatic rings. The highest BCUT2D eigenvalue weighted by Gasteiger charge is 2.36. The summed E-state index contributed by atoms with van der Waals surface area (Å²) < 4.78 is 56.7. The minimum absolute atomic E-state index is 0.0438. The molecule has 1 aromatic carbocycles. The quantitative estimate of drug-likeness (QED) is 0.837. The Kier molecular flexibility index (Phi) is 3.80. The Morgan fingerprint density at radius 1 is 1.26 bits per heavy atom. The molecule has 1 heterocycles. The molecule has 1 N–H and O–H groups in total. The molecule has 2 rings (SSSR count). The van der Waals surface area contributed by atoms with Crippen LogP contribution in [0.4, 0.5) is 17.6 Å². The molecule has 0 saturated carbocycles. The molecule has 0 amide bonds. The van der Waals surface area contributed by atoms with Gasteiger partial charge in [0.25, 0.3) is 0 Å². The normalized spacial score (nSPS) is 17.6. The van der Waals surface area contributed by atoms with Gasteiger partial charge >= 0.3 is 6.18 Å². The highest BCUT2D eigenvalue weighted by Crippen LogP contribution is 2.37. The van der Waals surface area contributed by atoms with Gasteiger partial charge in [0.2, 0.25) is 0 Å². The standard InChI is InChI=1S/C13H12F4O2/c14-8-4-5-10(13(15,16)17)9(7-8)12(18)11-3-1-2-6-19-11/h3-5,7,12,18H,1-2,6H2. The Labute approximate surface area is 107 Å². The number of ether oxygens (including phenoxy) is 1. The van der Waals surface area contributed by atoms with Gasteiger partial charge in [0.05, 0.1) is 12.2 Å². The maximum absolute atomic E-state index is 13.1. The molecule has 1 aliphatic rings. The van der Waals surface area contributed by atoms with E-state index in [4.69, 9.17) is 4.74 Å². The first kappa shape index (κ1) is 13.9. The maximum Gasteiger partial charge on any atom is 0.416 e. The Morgan fingerprint density at radius 3 is 2.58 bits per heavy atom. The van der Waals surface area contributed by atoms with E-state index in [9.17, 15) is 22.7 Å². The molecule has 1 unspecified atom stereocenters. The van der Waals surface area contributed by atoms with Gasteiger partial charge in [-0.25, -0.2) is 4.39 Å². The van der Waals surface area contributed by atoms with Crippen molar-refractivity contribution < 1.29 is 27.4 Å². The van der Waals surface area contributed by atoms with Crippen LogP contribution in [0.25, 0.3) is 0 Å². The summed E-state index contributed by atoms with van der Waals surface area (Å²) in [6, 6.07) is 2.03. The van der Waals surface area contributed by atoms with E-state index in [1.54, 1.807) is 0 Å². The van der Waals surface area contributed by atoms with E-state index in [1.807, 2.05) is 0 Å². The number of halogens is 4. The van der Waals surface area contributed by atoms with E-state index in [-0.39, 0.29) is 5.76 Å². The first-order valence-corrected chi connectivity index (χ1v) is 5.77. The van der Waals surface area contributed by atoms with E-state index in [0.717, 1.165) is 12.5 Å². The van der Waals surface area contributed by atoms with Crippen LogP contribution in [-0.4, -0.2) is 11.7 Å². The number of aliphatic hydroxyl groups is 1. The van der Waals surface area contributed by atoms with E-state index in [0.29, 0.717) is 25.2 Å². The van der Waals surface area contributed by atoms with Gasteiger partial charge in [0.15, 0.2) is 0 Å². The zero-order valence-electron chi connectivity index (χ0n) is 9.88. The molecule has 19 heavy (non-hydrogen) atoms. The number of hydrogen-bond donors (Lipinski definition) is 1. The lowest BCUT2D eigenvalue weighted by atomic mass is 9.99. The van der Waals surface area contributed by atoms with Gasteiger partial charge in [-0.1, -0.05) is 0 Å². The highest BCUT2D eigenvalue weighted by molar-refractivity contribution is 5.35. The summed E-state index contributed by atoms with van der Waals surface area (Å²) >= 11 is 0. The first-order chi connectivity index (χ1) is 8.89. The third-order valence-corrected chi connectivity index (χ3v) is 2.85. The number of benzene rings is 1. The lowest BCUT2D eigenvalue weighted by Gasteiger charge is -2.22. The van der Waals surface area contributed by atoms with Gasteiger partial charge in [-0.05, 0) is 37.1 Å². The van der Waals surface area contributed by atoms with Crippen molar-refractivity contribution >= 4 is 0 Å². The van der Waals surface area contributed by atoms with E-state index in [2.05, 4.69) is 0 Å². The third-order valence-electron chi connectivity index (χ3n) is 2.85. The molecule has 0 saturated heterocycles. The Morgan fingerprint density at radius 2 is 2.00 bits per heavy atom. The lowest BCUT2D eigenvalue weighted by Crippen LogP contribution is -2.16. The zero-order valence-corrected chi connectivity index (χ0v) is 9.88. The summed E-state index contributed by atoms with van der Waals surface area (Å²) in [6.45, 7) is 0.333. The monoisotopic (exact) mass is 276 g/mol. The van der Waals surface area contributed by atoms with Gasteiger partial charge in [0, 0.05) is 5.56 Å². The fourth-order valence-electron chi connectivity index (χ4n) is 1.94. The molecule has 6 heteroatoms. The third kappa shape index (κ3) is 3.07. The summed E-state index contributed by atoms with van der Waals surface area (Å²) in [4.78, 5) is 0. The fraction of sp³-hybridized carbons (Fsp3) is 0.385. The molecular formula is C13H12F4O2. The second kappa shape index (κ2) is 5.21. The number of allylic oxidation sites excluding steroid dienone is 1. The van der Waals surface area contributed by atoms with Crippen LogP contribution in [0.2, 0.25) is 0 Å². The SMILES string of the molecule is OC(C1=CCCCO1)c1cc(F)ccc1C(F)(F)F. The Hall–Kier alpha value is -1.56. The van der Waals surface area contributed by atoms with Crippen molar-refractivity contribution in [3.63, 3.8) is 0 Å². The molecular weight excluding hydrogens is 264 g/mol. The van der Waals surface area contributed by atoms with Crippen LogP contribution in [-0.2, 0) is 10.9 Å². The number of alkyl halides is 3. The largest absolute Gasteiger partial charge is 0.495 e. The predicted molar refractivity (Wildman–Crippen MR) is 59.6 cm³/mol. The molecule has 104 valence electrons. The van der Waals surface area contributed by atoms with Gasteiger partial charge in [-0.2, -0.15) is 13.2 Å². The number of rotatable bonds is 2. The second-order valence-electron chi connectivity index (χ2n) is 4.23. The average molecular weight is 276 g/mol. The summed E-state index contributed by atoms with van der Waals surface area (Å²) in [6.07, 6.45) is -3.37. The minimum atomic E-state index is -4.65. The molecule has 2 nitrogen and oxygen atoms in total. The predicted octanol–water partition coefficient (Wildman–Crippen LogP) is 3.57. The fourth-order valence-corrected chi connectivity index (χ4v) is 1.94. The second-order valence-corrected chi connectivity index (χ2v) is 4.23. The number of aliphatic hydroxyl groups excluding tert-OH is 1. The molecule has 0 bridgehead atoms. The smallest absolute Gasteiger partial charge is 0.416 e. The molecule has 0 radical (unpaired) electrons. The van der Waals surface area contributed by atoms with Crippen LogP contribution >= 0.6 is 0 Å². The number of hydrogen-bond acceptors (Lipinski definition) is 2. The van der Waals surface area contributed by atoms with Crippen LogP contribution in [0.5, 0.6) is 0 Å². The van der Waals surface area contributed by atoms with Gasteiger partial charge in [0.1, 0.15) is 17.7 Å². The first-order valence-electron chi connectivity index (χ1n) is 5.77. The topological polar surface area (TPSA) is 29.5 Å². The van der Waals surface area contributed by atoms with E-state index in [1.165, 1.54) is 6.08 Å². The molecule has 0 fully saturated rings. The average Bonchev–Trinajstić information content (AvgIpc) is 2.37. The molecule has 1 aliphatic heterocycles. The van der Waals surface area contributed by atoms with Crippen LogP contribution in [0, 0.1) is 5.82 Å². The Bertz CT molecular complexity index is 494. The van der Waals surface area contributed by atoms with Crippen molar-refractivity contribution in [2.24, 2.45) is 0 Å². The minimum Gasteiger partial charge on any atom is -0.495 e. The highest BCUT2D eigenvalue weighted by atomic mass is 19.4. The van der Waals surface area contributed by atoms with E-state index >= 15 is 0 Å². The van der Waals surface area contributed by atoms with E-state index < -0.39 is 29.2 Å². The van der Waals surface area contributed by atoms with Crippen molar-refractivity contribution in [3.05, 3.63) is 47.0 Å². The van der Waals surface area contributed by atoms with Crippen LogP contribution in [0.3, 0.4) is 0 Å². The van der Waals surface area contributed by atoms with Crippen LogP contribution < -0.4 is 0 Å². The van der Waals surface area contributed by atoms with Crippen LogP contribution in [0.1, 0.15) is 30.1 Å². The lowest BCUT2D eigenvalue weighted by molar-refractivity contribution is -0.139. The molecule has 0 spiro atoms. The van der Waals surface area contributed by atoms with Gasteiger partial charge in [-0.15, -0.1) is 0 Å². The van der Waals surface area contributed by atoms with Crippen molar-refractivity contribution in [1.82, 2.24) is 0 Å². The molecule has 0 aromatic heterocycles. The van der Waals surface area contributed by atoms with Gasteiger partial charge in [-0.3, -0.25) is 0 Å².